The van der Waals surface area contributed by atoms with Crippen molar-refractivity contribution < 1.29 is 23.4 Å². The summed E-state index contributed by atoms with van der Waals surface area (Å²) in [5.41, 5.74) is -0.0449. The number of halogens is 2. The number of carboxylic acid groups (broad SMARTS) is 1. The number of aromatic carboxylic acids is 1. The molecular formula is C11H9F2NO3. The number of alkyl halides is 2. The lowest BCUT2D eigenvalue weighted by molar-refractivity contribution is -0.0500. The van der Waals surface area contributed by atoms with Gasteiger partial charge in [0, 0.05) is 0 Å². The minimum atomic E-state index is -3.05. The van der Waals surface area contributed by atoms with E-state index in [2.05, 4.69) is 4.74 Å². The summed E-state index contributed by atoms with van der Waals surface area (Å²) < 4.78 is 28.3. The summed E-state index contributed by atoms with van der Waals surface area (Å²) in [7, 11) is 0. The van der Waals surface area contributed by atoms with E-state index >= 15 is 0 Å². The number of hydrogen-bond donors (Lipinski definition) is 1. The van der Waals surface area contributed by atoms with Gasteiger partial charge in [0.25, 0.3) is 0 Å². The van der Waals surface area contributed by atoms with Gasteiger partial charge < -0.3 is 9.84 Å². The van der Waals surface area contributed by atoms with Crippen molar-refractivity contribution in [1.82, 2.24) is 0 Å². The lowest BCUT2D eigenvalue weighted by atomic mass is 9.98. The van der Waals surface area contributed by atoms with Gasteiger partial charge in [0.15, 0.2) is 0 Å². The van der Waals surface area contributed by atoms with Gasteiger partial charge in [-0.3, -0.25) is 0 Å². The average Bonchev–Trinajstić information content (AvgIpc) is 2.26. The Balaban J connectivity index is 3.39. The fourth-order valence-electron chi connectivity index (χ4n) is 1.51. The maximum atomic E-state index is 12.1. The Kier molecular flexibility index (Phi) is 3.99. The highest BCUT2D eigenvalue weighted by atomic mass is 19.3. The third-order valence-electron chi connectivity index (χ3n) is 2.19. The molecule has 0 fully saturated rings. The molecule has 0 saturated carbocycles. The molecule has 0 unspecified atom stereocenters. The Hall–Kier alpha value is -2.16. The van der Waals surface area contributed by atoms with Crippen LogP contribution in [0.5, 0.6) is 5.75 Å². The molecule has 0 amide bonds. The molecule has 0 aliphatic heterocycles. The summed E-state index contributed by atoms with van der Waals surface area (Å²) in [5, 5.41) is 17.8. The summed E-state index contributed by atoms with van der Waals surface area (Å²) in [6.07, 6.45) is 0.241. The van der Waals surface area contributed by atoms with Gasteiger partial charge in [-0.15, -0.1) is 0 Å². The van der Waals surface area contributed by atoms with Crippen LogP contribution in [0.15, 0.2) is 12.1 Å². The molecule has 1 aromatic carbocycles. The number of benzene rings is 1. The highest BCUT2D eigenvalue weighted by Gasteiger charge is 2.18. The van der Waals surface area contributed by atoms with E-state index in [9.17, 15) is 13.6 Å². The van der Waals surface area contributed by atoms with E-state index in [1.807, 2.05) is 0 Å². The average molecular weight is 241 g/mol. The molecule has 0 aromatic heterocycles. The number of rotatable bonds is 4. The first kappa shape index (κ1) is 12.9. The number of nitrogens with zero attached hydrogens (tertiary/aromatic N) is 1. The van der Waals surface area contributed by atoms with Crippen molar-refractivity contribution in [2.24, 2.45) is 0 Å². The van der Waals surface area contributed by atoms with Crippen molar-refractivity contribution in [3.63, 3.8) is 0 Å². The topological polar surface area (TPSA) is 70.3 Å². The quantitative estimate of drug-likeness (QED) is 0.878. The van der Waals surface area contributed by atoms with Crippen LogP contribution in [0.4, 0.5) is 8.78 Å². The summed E-state index contributed by atoms with van der Waals surface area (Å²) in [6, 6.07) is 3.91. The number of carboxylic acids is 1. The second kappa shape index (κ2) is 5.25. The van der Waals surface area contributed by atoms with Gasteiger partial charge in [0.1, 0.15) is 11.8 Å². The van der Waals surface area contributed by atoms with Crippen LogP contribution >= 0.6 is 0 Å². The van der Waals surface area contributed by atoms with Crippen LogP contribution in [-0.4, -0.2) is 17.7 Å². The van der Waals surface area contributed by atoms with Crippen molar-refractivity contribution >= 4 is 5.97 Å². The molecule has 1 aromatic rings. The van der Waals surface area contributed by atoms with Gasteiger partial charge >= 0.3 is 12.6 Å². The number of carbonyl (C=O) groups is 1. The standard InChI is InChI=1S/C11H9F2NO3/c1-2-6-7(10(15)16)3-4-9(8(6)5-14)17-11(12)13/h3-4,11H,2H2,1H3,(H,15,16). The molecule has 0 atom stereocenters. The van der Waals surface area contributed by atoms with Crippen molar-refractivity contribution in [1.29, 1.82) is 5.26 Å². The Bertz CT molecular complexity index is 480. The van der Waals surface area contributed by atoms with Gasteiger partial charge in [0.2, 0.25) is 0 Å². The van der Waals surface area contributed by atoms with E-state index in [0.717, 1.165) is 12.1 Å². The van der Waals surface area contributed by atoms with E-state index in [0.29, 0.717) is 0 Å². The van der Waals surface area contributed by atoms with Crippen LogP contribution in [0.1, 0.15) is 28.4 Å². The van der Waals surface area contributed by atoms with E-state index in [4.69, 9.17) is 10.4 Å². The van der Waals surface area contributed by atoms with E-state index in [1.165, 1.54) is 0 Å². The van der Waals surface area contributed by atoms with Crippen LogP contribution in [-0.2, 0) is 6.42 Å². The minimum Gasteiger partial charge on any atom is -0.478 e. The summed E-state index contributed by atoms with van der Waals surface area (Å²) >= 11 is 0. The second-order valence-electron chi connectivity index (χ2n) is 3.11. The number of hydrogen-bond acceptors (Lipinski definition) is 3. The van der Waals surface area contributed by atoms with Gasteiger partial charge in [-0.05, 0) is 24.1 Å². The largest absolute Gasteiger partial charge is 0.478 e. The predicted octanol–water partition coefficient (Wildman–Crippen LogP) is 2.42. The van der Waals surface area contributed by atoms with Crippen molar-refractivity contribution in [2.45, 2.75) is 20.0 Å². The first-order valence-corrected chi connectivity index (χ1v) is 4.75. The van der Waals surface area contributed by atoms with Gasteiger partial charge in [-0.1, -0.05) is 6.92 Å². The molecule has 6 heteroatoms. The maximum Gasteiger partial charge on any atom is 0.387 e. The zero-order chi connectivity index (χ0) is 13.0. The zero-order valence-electron chi connectivity index (χ0n) is 8.91. The molecule has 0 saturated heterocycles. The molecule has 90 valence electrons. The molecule has 17 heavy (non-hydrogen) atoms. The van der Waals surface area contributed by atoms with Gasteiger partial charge in [0.05, 0.1) is 11.1 Å². The van der Waals surface area contributed by atoms with Crippen LogP contribution in [0.2, 0.25) is 0 Å². The van der Waals surface area contributed by atoms with Crippen LogP contribution < -0.4 is 4.74 Å². The molecule has 4 nitrogen and oxygen atoms in total. The Morgan fingerprint density at radius 3 is 2.65 bits per heavy atom. The molecule has 0 bridgehead atoms. The van der Waals surface area contributed by atoms with E-state index in [1.54, 1.807) is 13.0 Å². The molecule has 0 aliphatic rings. The maximum absolute atomic E-state index is 12.1. The summed E-state index contributed by atoms with van der Waals surface area (Å²) in [5.74, 6) is -1.51. The molecule has 1 N–H and O–H groups in total. The van der Waals surface area contributed by atoms with Crippen molar-refractivity contribution in [2.75, 3.05) is 0 Å². The third-order valence-corrected chi connectivity index (χ3v) is 2.19. The van der Waals surface area contributed by atoms with Gasteiger partial charge in [-0.25, -0.2) is 4.79 Å². The smallest absolute Gasteiger partial charge is 0.387 e. The Labute approximate surface area is 96.0 Å². The summed E-state index contributed by atoms with van der Waals surface area (Å²) in [4.78, 5) is 10.9. The Morgan fingerprint density at radius 1 is 1.59 bits per heavy atom. The number of nitriles is 1. The highest BCUT2D eigenvalue weighted by molar-refractivity contribution is 5.90. The first-order chi connectivity index (χ1) is 8.01. The fourth-order valence-corrected chi connectivity index (χ4v) is 1.51. The molecule has 0 spiro atoms. The van der Waals surface area contributed by atoms with Gasteiger partial charge in [-0.2, -0.15) is 14.0 Å². The SMILES string of the molecule is CCc1c(C(=O)O)ccc(OC(F)F)c1C#N. The fraction of sp³-hybridized carbons (Fsp3) is 0.273. The van der Waals surface area contributed by atoms with Crippen molar-refractivity contribution in [3.8, 4) is 11.8 Å². The van der Waals surface area contributed by atoms with E-state index < -0.39 is 12.6 Å². The van der Waals surface area contributed by atoms with Crippen LogP contribution in [0.3, 0.4) is 0 Å². The second-order valence-corrected chi connectivity index (χ2v) is 3.11. The molecule has 0 radical (unpaired) electrons. The predicted molar refractivity (Wildman–Crippen MR) is 54.1 cm³/mol. The molecule has 1 rings (SSSR count). The first-order valence-electron chi connectivity index (χ1n) is 4.75. The third kappa shape index (κ3) is 2.69. The zero-order valence-corrected chi connectivity index (χ0v) is 8.91. The highest BCUT2D eigenvalue weighted by Crippen LogP contribution is 2.27. The lowest BCUT2D eigenvalue weighted by Gasteiger charge is -2.11. The van der Waals surface area contributed by atoms with E-state index in [-0.39, 0.29) is 28.9 Å². The van der Waals surface area contributed by atoms with Crippen LogP contribution in [0, 0.1) is 11.3 Å². The Morgan fingerprint density at radius 2 is 2.24 bits per heavy atom. The normalized spacial score (nSPS) is 10.1. The lowest BCUT2D eigenvalue weighted by Crippen LogP contribution is -2.09. The number of ether oxygens (including phenoxy) is 1. The molecule has 0 heterocycles. The van der Waals surface area contributed by atoms with Crippen molar-refractivity contribution in [3.05, 3.63) is 28.8 Å². The van der Waals surface area contributed by atoms with Crippen LogP contribution in [0.25, 0.3) is 0 Å². The molecule has 0 aliphatic carbocycles. The summed E-state index contributed by atoms with van der Waals surface area (Å²) in [6.45, 7) is -1.42. The monoisotopic (exact) mass is 241 g/mol. The minimum absolute atomic E-state index is 0.0781. The molecular weight excluding hydrogens is 232 g/mol.